The SMILES string of the molecule is CCCCCCCCCCCCCCCCC(CC(O)O)C(=O)O. The molecule has 0 radical (unpaired) electrons. The van der Waals surface area contributed by atoms with Crippen molar-refractivity contribution in [2.75, 3.05) is 0 Å². The van der Waals surface area contributed by atoms with Gasteiger partial charge in [0.2, 0.25) is 0 Å². The molecule has 0 aromatic heterocycles. The van der Waals surface area contributed by atoms with Crippen molar-refractivity contribution < 1.29 is 20.1 Å². The summed E-state index contributed by atoms with van der Waals surface area (Å²) in [6, 6.07) is 0. The molecular weight excluding hydrogens is 304 g/mol. The Morgan fingerprint density at radius 2 is 1.08 bits per heavy atom. The normalized spacial score (nSPS) is 12.7. The van der Waals surface area contributed by atoms with Crippen molar-refractivity contribution in [2.24, 2.45) is 5.92 Å². The van der Waals surface area contributed by atoms with Crippen molar-refractivity contribution in [3.63, 3.8) is 0 Å². The van der Waals surface area contributed by atoms with Gasteiger partial charge < -0.3 is 15.3 Å². The molecule has 0 aromatic carbocycles. The molecule has 144 valence electrons. The van der Waals surface area contributed by atoms with E-state index in [0.29, 0.717) is 6.42 Å². The Morgan fingerprint density at radius 3 is 1.42 bits per heavy atom. The van der Waals surface area contributed by atoms with Gasteiger partial charge in [0.15, 0.2) is 6.29 Å². The van der Waals surface area contributed by atoms with Gasteiger partial charge in [-0.05, 0) is 6.42 Å². The average Bonchev–Trinajstić information content (AvgIpc) is 2.53. The van der Waals surface area contributed by atoms with Crippen LogP contribution in [-0.4, -0.2) is 27.6 Å². The van der Waals surface area contributed by atoms with Crippen LogP contribution in [0.4, 0.5) is 0 Å². The van der Waals surface area contributed by atoms with E-state index in [1.54, 1.807) is 0 Å². The van der Waals surface area contributed by atoms with Crippen LogP contribution in [0.1, 0.15) is 110 Å². The van der Waals surface area contributed by atoms with Gasteiger partial charge in [0.05, 0.1) is 5.92 Å². The van der Waals surface area contributed by atoms with Crippen molar-refractivity contribution in [1.82, 2.24) is 0 Å². The van der Waals surface area contributed by atoms with Crippen LogP contribution in [0.5, 0.6) is 0 Å². The molecule has 0 saturated carbocycles. The summed E-state index contributed by atoms with van der Waals surface area (Å²) < 4.78 is 0. The van der Waals surface area contributed by atoms with Crippen LogP contribution in [0.25, 0.3) is 0 Å². The third-order valence-electron chi connectivity index (χ3n) is 4.75. The van der Waals surface area contributed by atoms with E-state index >= 15 is 0 Å². The Kier molecular flexibility index (Phi) is 16.8. The zero-order valence-corrected chi connectivity index (χ0v) is 15.7. The standard InChI is InChI=1S/C20H40O4/c1-2-3-4-5-6-7-8-9-10-11-12-13-14-15-16-18(20(23)24)17-19(21)22/h18-19,21-22H,2-17H2,1H3,(H,23,24). The van der Waals surface area contributed by atoms with E-state index in [2.05, 4.69) is 6.92 Å². The highest BCUT2D eigenvalue weighted by atomic mass is 16.5. The van der Waals surface area contributed by atoms with Crippen LogP contribution in [-0.2, 0) is 4.79 Å². The molecule has 0 aliphatic heterocycles. The Balaban J connectivity index is 3.28. The monoisotopic (exact) mass is 344 g/mol. The fourth-order valence-electron chi connectivity index (χ4n) is 3.18. The number of hydrogen-bond donors (Lipinski definition) is 3. The molecule has 0 aliphatic rings. The van der Waals surface area contributed by atoms with Crippen LogP contribution >= 0.6 is 0 Å². The Labute approximate surface area is 148 Å². The van der Waals surface area contributed by atoms with Gasteiger partial charge in [0.25, 0.3) is 0 Å². The minimum absolute atomic E-state index is 0.0617. The highest BCUT2D eigenvalue weighted by molar-refractivity contribution is 5.69. The molecule has 3 N–H and O–H groups in total. The summed E-state index contributed by atoms with van der Waals surface area (Å²) in [5.74, 6) is -1.54. The largest absolute Gasteiger partial charge is 0.481 e. The van der Waals surface area contributed by atoms with Gasteiger partial charge in [-0.15, -0.1) is 0 Å². The maximum Gasteiger partial charge on any atom is 0.306 e. The lowest BCUT2D eigenvalue weighted by Crippen LogP contribution is -2.20. The highest BCUT2D eigenvalue weighted by Gasteiger charge is 2.19. The predicted molar refractivity (Wildman–Crippen MR) is 98.9 cm³/mol. The molecule has 0 aromatic rings. The second-order valence-electron chi connectivity index (χ2n) is 7.14. The van der Waals surface area contributed by atoms with Gasteiger partial charge in [-0.3, -0.25) is 4.79 Å². The van der Waals surface area contributed by atoms with Crippen LogP contribution in [0, 0.1) is 5.92 Å². The number of carboxylic acid groups (broad SMARTS) is 1. The van der Waals surface area contributed by atoms with E-state index in [1.807, 2.05) is 0 Å². The lowest BCUT2D eigenvalue weighted by Gasteiger charge is -2.13. The van der Waals surface area contributed by atoms with Gasteiger partial charge in [0.1, 0.15) is 0 Å². The molecular formula is C20H40O4. The van der Waals surface area contributed by atoms with Gasteiger partial charge in [-0.1, -0.05) is 96.8 Å². The predicted octanol–water partition coefficient (Wildman–Crippen LogP) is 5.26. The first kappa shape index (κ1) is 23.4. The second-order valence-corrected chi connectivity index (χ2v) is 7.14. The molecule has 0 aliphatic carbocycles. The number of aliphatic hydroxyl groups is 2. The van der Waals surface area contributed by atoms with Gasteiger partial charge in [0, 0.05) is 6.42 Å². The van der Waals surface area contributed by atoms with Crippen molar-refractivity contribution in [1.29, 1.82) is 0 Å². The average molecular weight is 345 g/mol. The number of rotatable bonds is 18. The second kappa shape index (κ2) is 17.2. The van der Waals surface area contributed by atoms with Gasteiger partial charge >= 0.3 is 5.97 Å². The van der Waals surface area contributed by atoms with Crippen molar-refractivity contribution >= 4 is 5.97 Å². The van der Waals surface area contributed by atoms with E-state index in [4.69, 9.17) is 15.3 Å². The quantitative estimate of drug-likeness (QED) is 0.234. The van der Waals surface area contributed by atoms with E-state index in [-0.39, 0.29) is 6.42 Å². The summed E-state index contributed by atoms with van der Waals surface area (Å²) in [5, 5.41) is 26.8. The molecule has 0 fully saturated rings. The van der Waals surface area contributed by atoms with Gasteiger partial charge in [-0.25, -0.2) is 0 Å². The van der Waals surface area contributed by atoms with E-state index < -0.39 is 18.2 Å². The number of carbonyl (C=O) groups is 1. The minimum Gasteiger partial charge on any atom is -0.481 e. The number of aliphatic carboxylic acids is 1. The fraction of sp³-hybridized carbons (Fsp3) is 0.950. The molecule has 0 saturated heterocycles. The molecule has 24 heavy (non-hydrogen) atoms. The zero-order valence-electron chi connectivity index (χ0n) is 15.7. The van der Waals surface area contributed by atoms with Crippen molar-refractivity contribution in [2.45, 2.75) is 116 Å². The Bertz CT molecular complexity index is 279. The van der Waals surface area contributed by atoms with E-state index in [9.17, 15) is 4.79 Å². The summed E-state index contributed by atoms with van der Waals surface area (Å²) in [4.78, 5) is 11.0. The lowest BCUT2D eigenvalue weighted by molar-refractivity contribution is -0.146. The summed E-state index contributed by atoms with van der Waals surface area (Å²) in [6.45, 7) is 2.25. The Morgan fingerprint density at radius 1 is 0.708 bits per heavy atom. The highest BCUT2D eigenvalue weighted by Crippen LogP contribution is 2.17. The number of aliphatic hydroxyl groups excluding tert-OH is 1. The number of carboxylic acids is 1. The third-order valence-corrected chi connectivity index (χ3v) is 4.75. The van der Waals surface area contributed by atoms with Crippen LogP contribution in [0.15, 0.2) is 0 Å². The summed E-state index contributed by atoms with van der Waals surface area (Å²) in [5.41, 5.74) is 0. The van der Waals surface area contributed by atoms with E-state index in [0.717, 1.165) is 19.3 Å². The first-order chi connectivity index (χ1) is 11.6. The maximum atomic E-state index is 11.0. The summed E-state index contributed by atoms with van der Waals surface area (Å²) in [7, 11) is 0. The minimum atomic E-state index is -1.52. The number of unbranched alkanes of at least 4 members (excludes halogenated alkanes) is 13. The molecule has 1 atom stereocenters. The molecule has 0 rings (SSSR count). The summed E-state index contributed by atoms with van der Waals surface area (Å²) >= 11 is 0. The molecule has 4 heteroatoms. The van der Waals surface area contributed by atoms with Crippen LogP contribution in [0.2, 0.25) is 0 Å². The molecule has 0 bridgehead atoms. The smallest absolute Gasteiger partial charge is 0.306 e. The van der Waals surface area contributed by atoms with E-state index in [1.165, 1.54) is 70.6 Å². The molecule has 0 heterocycles. The number of hydrogen-bond acceptors (Lipinski definition) is 3. The molecule has 1 unspecified atom stereocenters. The molecule has 0 amide bonds. The van der Waals surface area contributed by atoms with Crippen LogP contribution < -0.4 is 0 Å². The first-order valence-electron chi connectivity index (χ1n) is 10.2. The zero-order chi connectivity index (χ0) is 18.0. The summed E-state index contributed by atoms with van der Waals surface area (Å²) in [6.07, 6.45) is 16.9. The fourth-order valence-corrected chi connectivity index (χ4v) is 3.18. The lowest BCUT2D eigenvalue weighted by atomic mass is 9.97. The maximum absolute atomic E-state index is 11.0. The third kappa shape index (κ3) is 16.3. The Hall–Kier alpha value is -0.610. The topological polar surface area (TPSA) is 77.8 Å². The molecule has 4 nitrogen and oxygen atoms in total. The van der Waals surface area contributed by atoms with Crippen LogP contribution in [0.3, 0.4) is 0 Å². The van der Waals surface area contributed by atoms with Crippen molar-refractivity contribution in [3.8, 4) is 0 Å². The first-order valence-corrected chi connectivity index (χ1v) is 10.2. The van der Waals surface area contributed by atoms with Crippen molar-refractivity contribution in [3.05, 3.63) is 0 Å². The molecule has 0 spiro atoms. The van der Waals surface area contributed by atoms with Gasteiger partial charge in [-0.2, -0.15) is 0 Å².